The highest BCUT2D eigenvalue weighted by Crippen LogP contribution is 2.42. The molecule has 0 spiro atoms. The Morgan fingerprint density at radius 1 is 0.458 bits per heavy atom. The van der Waals surface area contributed by atoms with Crippen LogP contribution >= 0.6 is 0 Å². The maximum Gasteiger partial charge on any atom is 0.168 e. The summed E-state index contributed by atoms with van der Waals surface area (Å²) in [6, 6.07) is 65.4. The van der Waals surface area contributed by atoms with Gasteiger partial charge in [0.1, 0.15) is 17.2 Å². The van der Waals surface area contributed by atoms with Crippen LogP contribution in [0.3, 0.4) is 0 Å². The van der Waals surface area contributed by atoms with Gasteiger partial charge in [-0.15, -0.1) is 0 Å². The molecule has 3 heterocycles. The number of imidazole rings is 1. The van der Waals surface area contributed by atoms with Gasteiger partial charge in [-0.05, 0) is 101 Å². The molecule has 7 aromatic carbocycles. The zero-order chi connectivity index (χ0) is 40.0. The number of hydrogen-bond donors (Lipinski definition) is 0. The third-order valence-corrected chi connectivity index (χ3v) is 11.6. The number of rotatable bonds is 9. The SMILES string of the molecule is CC(C)c1cccc(C(C)C)c1-c1ccnc(-n2c3ccccc3c3ccc(N(c4ccccc4)c4cccc(-n5[cH+]n(-c6ccccc6)c6ccccc65)c4)cc32)c1. The Kier molecular flexibility index (Phi) is 9.14. The summed E-state index contributed by atoms with van der Waals surface area (Å²) in [6.07, 6.45) is 4.17. The van der Waals surface area contributed by atoms with Crippen molar-refractivity contribution < 1.29 is 0 Å². The summed E-state index contributed by atoms with van der Waals surface area (Å²) < 4.78 is 6.90. The highest BCUT2D eigenvalue weighted by atomic mass is 15.2. The Labute approximate surface area is 345 Å². The lowest BCUT2D eigenvalue weighted by molar-refractivity contribution is 0.838. The van der Waals surface area contributed by atoms with Gasteiger partial charge >= 0.3 is 0 Å². The maximum absolute atomic E-state index is 5.09. The van der Waals surface area contributed by atoms with E-state index in [0.717, 1.165) is 56.3 Å². The van der Waals surface area contributed by atoms with Gasteiger partial charge in [0, 0.05) is 46.5 Å². The molecular formula is C54H46N5+. The molecule has 0 aliphatic carbocycles. The van der Waals surface area contributed by atoms with Crippen LogP contribution in [0.1, 0.15) is 50.7 Å². The van der Waals surface area contributed by atoms with Crippen molar-refractivity contribution in [3.63, 3.8) is 0 Å². The number of para-hydroxylation sites is 5. The Morgan fingerprint density at radius 2 is 1.02 bits per heavy atom. The fraction of sp³-hybridized carbons (Fsp3) is 0.111. The van der Waals surface area contributed by atoms with Crippen molar-refractivity contribution in [3.05, 3.63) is 206 Å². The van der Waals surface area contributed by atoms with Crippen LogP contribution in [-0.4, -0.2) is 18.7 Å². The van der Waals surface area contributed by atoms with Gasteiger partial charge in [-0.1, -0.05) is 125 Å². The summed E-state index contributed by atoms with van der Waals surface area (Å²) in [5.41, 5.74) is 15.2. The van der Waals surface area contributed by atoms with Crippen LogP contribution in [-0.2, 0) is 0 Å². The molecule has 5 heteroatoms. The minimum atomic E-state index is 0.388. The number of nitrogens with zero attached hydrogens (tertiary/aromatic N) is 5. The lowest BCUT2D eigenvalue weighted by Gasteiger charge is -2.26. The van der Waals surface area contributed by atoms with Crippen molar-refractivity contribution >= 4 is 49.9 Å². The molecule has 3 aromatic heterocycles. The van der Waals surface area contributed by atoms with Crippen LogP contribution in [0.15, 0.2) is 195 Å². The zero-order valence-electron chi connectivity index (χ0n) is 33.9. The second-order valence-electron chi connectivity index (χ2n) is 15.9. The summed E-state index contributed by atoms with van der Waals surface area (Å²) in [5, 5.41) is 2.39. The number of benzene rings is 7. The van der Waals surface area contributed by atoms with Crippen molar-refractivity contribution in [2.75, 3.05) is 4.90 Å². The average molecular weight is 765 g/mol. The topological polar surface area (TPSA) is 30.9 Å². The first-order chi connectivity index (χ1) is 28.9. The molecule has 0 unspecified atom stereocenters. The van der Waals surface area contributed by atoms with Gasteiger partial charge in [-0.2, -0.15) is 9.13 Å². The first-order valence-corrected chi connectivity index (χ1v) is 20.6. The third kappa shape index (κ3) is 6.36. The fourth-order valence-corrected chi connectivity index (χ4v) is 8.84. The van der Waals surface area contributed by atoms with Gasteiger partial charge in [0.2, 0.25) is 0 Å². The van der Waals surface area contributed by atoms with E-state index in [1.807, 2.05) is 6.20 Å². The van der Waals surface area contributed by atoms with Crippen molar-refractivity contribution in [3.8, 4) is 28.3 Å². The van der Waals surface area contributed by atoms with Crippen LogP contribution in [0.2, 0.25) is 0 Å². The average Bonchev–Trinajstić information content (AvgIpc) is 3.83. The molecule has 0 amide bonds. The number of anilines is 3. The Morgan fingerprint density at radius 3 is 1.73 bits per heavy atom. The van der Waals surface area contributed by atoms with E-state index in [2.05, 4.69) is 235 Å². The molecule has 59 heavy (non-hydrogen) atoms. The summed E-state index contributed by atoms with van der Waals surface area (Å²) in [4.78, 5) is 7.45. The number of aromatic nitrogens is 4. The molecule has 0 saturated carbocycles. The van der Waals surface area contributed by atoms with E-state index in [9.17, 15) is 0 Å². The van der Waals surface area contributed by atoms with Crippen molar-refractivity contribution in [2.45, 2.75) is 39.5 Å². The minimum Gasteiger partial charge on any atom is -0.310 e. The first-order valence-electron chi connectivity index (χ1n) is 20.6. The highest BCUT2D eigenvalue weighted by Gasteiger charge is 2.22. The van der Waals surface area contributed by atoms with Gasteiger partial charge in [0.25, 0.3) is 0 Å². The fourth-order valence-electron chi connectivity index (χ4n) is 8.84. The van der Waals surface area contributed by atoms with Crippen molar-refractivity contribution in [1.29, 1.82) is 0 Å². The summed E-state index contributed by atoms with van der Waals surface area (Å²) in [5.74, 6) is 1.68. The van der Waals surface area contributed by atoms with Gasteiger partial charge in [-0.25, -0.2) is 4.98 Å². The van der Waals surface area contributed by atoms with Crippen molar-refractivity contribution in [2.24, 2.45) is 0 Å². The second-order valence-corrected chi connectivity index (χ2v) is 15.9. The molecular weight excluding hydrogens is 719 g/mol. The van der Waals surface area contributed by atoms with Gasteiger partial charge < -0.3 is 4.90 Å². The Bertz CT molecular complexity index is 3090. The zero-order valence-corrected chi connectivity index (χ0v) is 33.9. The molecule has 0 fully saturated rings. The molecule has 0 bridgehead atoms. The van der Waals surface area contributed by atoms with Crippen LogP contribution in [0, 0.1) is 0 Å². The van der Waals surface area contributed by atoms with E-state index in [-0.39, 0.29) is 0 Å². The molecule has 0 aliphatic rings. The molecule has 0 radical (unpaired) electrons. The normalized spacial score (nSPS) is 11.7. The van der Waals surface area contributed by atoms with E-state index >= 15 is 0 Å². The standard InChI is InChI=1S/C54H46N5/c1-37(2)45-24-16-25-46(38(3)4)54(45)39-31-32-55-53(33-39)59-49-26-12-11-23-47(49)48-30-29-44(35-52(48)59)58(41-19-9-6-10-20-41)43-22-15-21-42(34-43)57-36-56(40-17-7-5-8-18-40)50-27-13-14-28-51(50)57/h5-38H,1-4H3/q+1. The molecule has 0 saturated heterocycles. The van der Waals surface area contributed by atoms with Crippen LogP contribution < -0.4 is 4.90 Å². The molecule has 0 atom stereocenters. The second kappa shape index (κ2) is 14.9. The van der Waals surface area contributed by atoms with Gasteiger partial charge in [0.15, 0.2) is 17.4 Å². The lowest BCUT2D eigenvalue weighted by Crippen LogP contribution is -2.10. The van der Waals surface area contributed by atoms with E-state index in [4.69, 9.17) is 4.98 Å². The largest absolute Gasteiger partial charge is 0.310 e. The molecule has 286 valence electrons. The number of pyridine rings is 1. The summed E-state index contributed by atoms with van der Waals surface area (Å²) in [6.45, 7) is 9.15. The quantitative estimate of drug-likeness (QED) is 0.137. The van der Waals surface area contributed by atoms with E-state index in [0.29, 0.717) is 11.8 Å². The number of hydrogen-bond acceptors (Lipinski definition) is 2. The summed E-state index contributed by atoms with van der Waals surface area (Å²) in [7, 11) is 0. The monoisotopic (exact) mass is 764 g/mol. The molecule has 10 rings (SSSR count). The third-order valence-electron chi connectivity index (χ3n) is 11.6. The Balaban J connectivity index is 1.15. The molecule has 0 aliphatic heterocycles. The first kappa shape index (κ1) is 36.1. The Hall–Kier alpha value is -7.24. The minimum absolute atomic E-state index is 0.388. The molecule has 10 aromatic rings. The van der Waals surface area contributed by atoms with Gasteiger partial charge in [0.05, 0.1) is 16.7 Å². The van der Waals surface area contributed by atoms with E-state index in [1.54, 1.807) is 0 Å². The van der Waals surface area contributed by atoms with Crippen molar-refractivity contribution in [1.82, 2.24) is 18.7 Å². The highest BCUT2D eigenvalue weighted by molar-refractivity contribution is 6.10. The van der Waals surface area contributed by atoms with Crippen LogP contribution in [0.4, 0.5) is 17.1 Å². The van der Waals surface area contributed by atoms with Crippen LogP contribution in [0.25, 0.3) is 61.2 Å². The maximum atomic E-state index is 5.09. The van der Waals surface area contributed by atoms with E-state index in [1.165, 1.54) is 33.0 Å². The predicted octanol–water partition coefficient (Wildman–Crippen LogP) is 14.6. The number of fused-ring (bicyclic) bond motifs is 4. The van der Waals surface area contributed by atoms with E-state index < -0.39 is 0 Å². The molecule has 5 nitrogen and oxygen atoms in total. The van der Waals surface area contributed by atoms with Crippen LogP contribution in [0.5, 0.6) is 0 Å². The smallest absolute Gasteiger partial charge is 0.168 e. The van der Waals surface area contributed by atoms with Gasteiger partial charge in [-0.3, -0.25) is 4.57 Å². The summed E-state index contributed by atoms with van der Waals surface area (Å²) >= 11 is 0. The molecule has 0 N–H and O–H groups in total. The lowest BCUT2D eigenvalue weighted by atomic mass is 9.85. The predicted molar refractivity (Wildman–Crippen MR) is 247 cm³/mol.